The first kappa shape index (κ1) is 18.3. The highest BCUT2D eigenvalue weighted by molar-refractivity contribution is 8.00. The van der Waals surface area contributed by atoms with E-state index in [0.29, 0.717) is 18.2 Å². The number of hydrogen-bond acceptors (Lipinski definition) is 5. The molecule has 0 spiro atoms. The minimum Gasteiger partial charge on any atom is -0.329 e. The van der Waals surface area contributed by atoms with Crippen LogP contribution in [0, 0.1) is 5.92 Å². The second-order valence-corrected chi connectivity index (χ2v) is 9.41. The Labute approximate surface area is 128 Å². The minimum atomic E-state index is -3.07. The summed E-state index contributed by atoms with van der Waals surface area (Å²) in [6, 6.07) is 0. The maximum absolute atomic E-state index is 12.1. The Kier molecular flexibility index (Phi) is 6.83. The minimum absolute atomic E-state index is 0.176. The van der Waals surface area contributed by atoms with Crippen molar-refractivity contribution >= 4 is 21.6 Å². The van der Waals surface area contributed by atoms with Gasteiger partial charge in [0.05, 0.1) is 0 Å². The largest absolute Gasteiger partial charge is 0.329 e. The van der Waals surface area contributed by atoms with Crippen LogP contribution in [0.25, 0.3) is 0 Å². The second kappa shape index (κ2) is 7.47. The van der Waals surface area contributed by atoms with Gasteiger partial charge in [-0.1, -0.05) is 27.2 Å². The van der Waals surface area contributed by atoms with Gasteiger partial charge < -0.3 is 5.73 Å². The van der Waals surface area contributed by atoms with Crippen molar-refractivity contribution in [1.29, 1.82) is 0 Å². The van der Waals surface area contributed by atoms with E-state index in [4.69, 9.17) is 5.73 Å². The van der Waals surface area contributed by atoms with Gasteiger partial charge in [0, 0.05) is 36.4 Å². The Morgan fingerprint density at radius 2 is 2.10 bits per heavy atom. The fourth-order valence-corrected chi connectivity index (χ4v) is 6.02. The number of hydrogen-bond donors (Lipinski definition) is 1. The summed E-state index contributed by atoms with van der Waals surface area (Å²) in [4.78, 5) is 2.20. The van der Waals surface area contributed by atoms with Gasteiger partial charge in [-0.15, -0.1) is 0 Å². The third-order valence-corrected chi connectivity index (χ3v) is 7.29. The highest BCUT2D eigenvalue weighted by Crippen LogP contribution is 2.34. The maximum Gasteiger partial charge on any atom is 0.164 e. The molecule has 0 radical (unpaired) electrons. The molecule has 1 aliphatic rings. The van der Waals surface area contributed by atoms with E-state index in [2.05, 4.69) is 25.7 Å². The maximum atomic E-state index is 12.1. The SMILES string of the molecule is CCC(C)CC(CC)(CN)N1CCSCC1S(C)(=O)=O. The van der Waals surface area contributed by atoms with Gasteiger partial charge in [-0.25, -0.2) is 8.42 Å². The molecule has 4 nitrogen and oxygen atoms in total. The van der Waals surface area contributed by atoms with Crippen LogP contribution in [0.5, 0.6) is 0 Å². The van der Waals surface area contributed by atoms with Crippen LogP contribution in [0.15, 0.2) is 0 Å². The first-order valence-corrected chi connectivity index (χ1v) is 10.6. The average molecular weight is 323 g/mol. The number of nitrogens with zero attached hydrogens (tertiary/aromatic N) is 1. The molecule has 3 unspecified atom stereocenters. The van der Waals surface area contributed by atoms with Crippen molar-refractivity contribution in [2.75, 3.05) is 30.9 Å². The van der Waals surface area contributed by atoms with E-state index in [1.54, 1.807) is 11.8 Å². The van der Waals surface area contributed by atoms with E-state index < -0.39 is 9.84 Å². The predicted molar refractivity (Wildman–Crippen MR) is 88.8 cm³/mol. The number of sulfone groups is 1. The van der Waals surface area contributed by atoms with Crippen molar-refractivity contribution in [3.63, 3.8) is 0 Å². The van der Waals surface area contributed by atoms with Crippen molar-refractivity contribution in [2.24, 2.45) is 11.7 Å². The molecular formula is C14H30N2O2S2. The van der Waals surface area contributed by atoms with E-state index in [9.17, 15) is 8.42 Å². The van der Waals surface area contributed by atoms with E-state index >= 15 is 0 Å². The highest BCUT2D eigenvalue weighted by atomic mass is 32.2. The van der Waals surface area contributed by atoms with E-state index in [0.717, 1.165) is 31.6 Å². The summed E-state index contributed by atoms with van der Waals surface area (Å²) in [6.45, 7) is 7.90. The molecule has 0 aliphatic carbocycles. The lowest BCUT2D eigenvalue weighted by atomic mass is 9.83. The van der Waals surface area contributed by atoms with Gasteiger partial charge in [0.15, 0.2) is 9.84 Å². The summed E-state index contributed by atoms with van der Waals surface area (Å²) in [5.41, 5.74) is 5.94. The van der Waals surface area contributed by atoms with Gasteiger partial charge in [-0.3, -0.25) is 4.90 Å². The van der Waals surface area contributed by atoms with Gasteiger partial charge in [-0.05, 0) is 18.8 Å². The molecule has 0 bridgehead atoms. The van der Waals surface area contributed by atoms with Crippen molar-refractivity contribution < 1.29 is 8.42 Å². The molecule has 0 aromatic carbocycles. The van der Waals surface area contributed by atoms with E-state index in [1.807, 2.05) is 0 Å². The van der Waals surface area contributed by atoms with Crippen molar-refractivity contribution in [2.45, 2.75) is 50.9 Å². The Balaban J connectivity index is 3.09. The first-order valence-electron chi connectivity index (χ1n) is 7.54. The summed E-state index contributed by atoms with van der Waals surface area (Å²) < 4.78 is 24.3. The Bertz CT molecular complexity index is 394. The van der Waals surface area contributed by atoms with Crippen LogP contribution in [-0.2, 0) is 9.84 Å². The zero-order chi connectivity index (χ0) is 15.4. The van der Waals surface area contributed by atoms with E-state index in [-0.39, 0.29) is 10.9 Å². The molecule has 2 N–H and O–H groups in total. The van der Waals surface area contributed by atoms with Gasteiger partial charge in [0.1, 0.15) is 5.37 Å². The first-order chi connectivity index (χ1) is 9.30. The lowest BCUT2D eigenvalue weighted by Gasteiger charge is -2.49. The van der Waals surface area contributed by atoms with Gasteiger partial charge in [0.2, 0.25) is 0 Å². The topological polar surface area (TPSA) is 63.4 Å². The molecule has 0 saturated carbocycles. The van der Waals surface area contributed by atoms with E-state index in [1.165, 1.54) is 6.26 Å². The fraction of sp³-hybridized carbons (Fsp3) is 1.00. The smallest absolute Gasteiger partial charge is 0.164 e. The Hall–Kier alpha value is 0.220. The van der Waals surface area contributed by atoms with Crippen LogP contribution < -0.4 is 5.73 Å². The van der Waals surface area contributed by atoms with Crippen LogP contribution in [0.2, 0.25) is 0 Å². The standard InChI is InChI=1S/C14H30N2O2S2/c1-5-12(3)9-14(6-2,11-15)16-7-8-19-10-13(16)20(4,17)18/h12-13H,5-11,15H2,1-4H3. The summed E-state index contributed by atoms with van der Waals surface area (Å²) >= 11 is 1.73. The molecular weight excluding hydrogens is 292 g/mol. The predicted octanol–water partition coefficient (Wildman–Crippen LogP) is 1.95. The van der Waals surface area contributed by atoms with Gasteiger partial charge in [-0.2, -0.15) is 11.8 Å². The van der Waals surface area contributed by atoms with Crippen LogP contribution in [0.4, 0.5) is 0 Å². The molecule has 1 aliphatic heterocycles. The molecule has 0 aromatic rings. The van der Waals surface area contributed by atoms with Crippen LogP contribution in [0.3, 0.4) is 0 Å². The van der Waals surface area contributed by atoms with Crippen LogP contribution >= 0.6 is 11.8 Å². The van der Waals surface area contributed by atoms with Crippen molar-refractivity contribution in [1.82, 2.24) is 4.90 Å². The molecule has 0 aromatic heterocycles. The molecule has 1 fully saturated rings. The third-order valence-electron chi connectivity index (χ3n) is 4.65. The molecule has 120 valence electrons. The summed E-state index contributed by atoms with van der Waals surface area (Å²) in [5, 5.41) is -0.381. The molecule has 0 amide bonds. The molecule has 6 heteroatoms. The summed E-state index contributed by atoms with van der Waals surface area (Å²) in [6.07, 6.45) is 4.35. The zero-order valence-electron chi connectivity index (χ0n) is 13.3. The van der Waals surface area contributed by atoms with Crippen LogP contribution in [-0.4, -0.2) is 55.1 Å². The lowest BCUT2D eigenvalue weighted by Crippen LogP contribution is -2.62. The van der Waals surface area contributed by atoms with Crippen molar-refractivity contribution in [3.05, 3.63) is 0 Å². The number of rotatable bonds is 7. The molecule has 1 rings (SSSR count). The fourth-order valence-electron chi connectivity index (χ4n) is 3.08. The third kappa shape index (κ3) is 4.12. The van der Waals surface area contributed by atoms with Crippen LogP contribution in [0.1, 0.15) is 40.0 Å². The van der Waals surface area contributed by atoms with Gasteiger partial charge >= 0.3 is 0 Å². The highest BCUT2D eigenvalue weighted by Gasteiger charge is 2.43. The molecule has 1 saturated heterocycles. The number of thioether (sulfide) groups is 1. The summed E-state index contributed by atoms with van der Waals surface area (Å²) in [7, 11) is -3.07. The molecule has 3 atom stereocenters. The van der Waals surface area contributed by atoms with Crippen molar-refractivity contribution in [3.8, 4) is 0 Å². The molecule has 20 heavy (non-hydrogen) atoms. The van der Waals surface area contributed by atoms with Gasteiger partial charge in [0.25, 0.3) is 0 Å². The average Bonchev–Trinajstić information content (AvgIpc) is 2.43. The Morgan fingerprint density at radius 3 is 2.55 bits per heavy atom. The lowest BCUT2D eigenvalue weighted by molar-refractivity contribution is 0.0619. The quantitative estimate of drug-likeness (QED) is 0.776. The summed E-state index contributed by atoms with van der Waals surface area (Å²) in [5.74, 6) is 2.23. The zero-order valence-corrected chi connectivity index (χ0v) is 14.9. The normalized spacial score (nSPS) is 26.1. The number of nitrogens with two attached hydrogens (primary N) is 1. The Morgan fingerprint density at radius 1 is 1.45 bits per heavy atom. The molecule has 1 heterocycles. The monoisotopic (exact) mass is 322 g/mol. The second-order valence-electron chi connectivity index (χ2n) is 6.05.